The van der Waals surface area contributed by atoms with Gasteiger partial charge in [0.05, 0.1) is 24.9 Å². The molecule has 9 nitrogen and oxygen atoms in total. The summed E-state index contributed by atoms with van der Waals surface area (Å²) < 4.78 is 7.77. The summed E-state index contributed by atoms with van der Waals surface area (Å²) >= 11 is 0. The van der Waals surface area contributed by atoms with E-state index in [1.54, 1.807) is 22.1 Å². The van der Waals surface area contributed by atoms with Crippen molar-refractivity contribution >= 4 is 23.5 Å². The molecule has 0 bridgehead atoms. The van der Waals surface area contributed by atoms with Gasteiger partial charge in [-0.25, -0.2) is 9.98 Å². The van der Waals surface area contributed by atoms with E-state index in [1.165, 1.54) is 0 Å². The molecule has 2 aromatic heterocycles. The maximum atomic E-state index is 12.2. The highest BCUT2D eigenvalue weighted by Gasteiger charge is 2.44. The normalized spacial score (nSPS) is 29.6. The highest BCUT2D eigenvalue weighted by molar-refractivity contribution is 5.71. The summed E-state index contributed by atoms with van der Waals surface area (Å²) in [6.45, 7) is 0. The van der Waals surface area contributed by atoms with Crippen molar-refractivity contribution in [1.82, 2.24) is 24.4 Å². The Labute approximate surface area is 138 Å². The van der Waals surface area contributed by atoms with Crippen LogP contribution in [0.2, 0.25) is 0 Å². The fraction of sp³-hybridized carbons (Fsp3) is 0.600. The monoisotopic (exact) mass is 332 g/mol. The molecule has 0 aromatic carbocycles. The van der Waals surface area contributed by atoms with Gasteiger partial charge in [0, 0.05) is 14.1 Å². The third-order valence-corrected chi connectivity index (χ3v) is 4.64. The minimum Gasteiger partial charge on any atom is -0.390 e. The van der Waals surface area contributed by atoms with Crippen molar-refractivity contribution in [2.75, 3.05) is 14.1 Å². The van der Waals surface area contributed by atoms with E-state index in [-0.39, 0.29) is 29.4 Å². The summed E-state index contributed by atoms with van der Waals surface area (Å²) in [5.41, 5.74) is 0.381. The minimum atomic E-state index is -0.411. The number of H-pyrrole nitrogens is 1. The second-order valence-corrected chi connectivity index (χ2v) is 6.62. The molecule has 2 fully saturated rings. The van der Waals surface area contributed by atoms with E-state index in [2.05, 4.69) is 19.9 Å². The first-order valence-electron chi connectivity index (χ1n) is 8.04. The molecule has 2 aliphatic rings. The molecule has 1 saturated heterocycles. The highest BCUT2D eigenvalue weighted by Crippen LogP contribution is 2.43. The van der Waals surface area contributed by atoms with Gasteiger partial charge in [-0.15, -0.1) is 0 Å². The summed E-state index contributed by atoms with van der Waals surface area (Å²) in [5.74, 6) is 0.567. The summed E-state index contributed by atoms with van der Waals surface area (Å²) in [7, 11) is 3.67. The minimum absolute atomic E-state index is 0.138. The Hall–Kier alpha value is -2.26. The van der Waals surface area contributed by atoms with Crippen LogP contribution in [0, 0.1) is 5.92 Å². The first-order chi connectivity index (χ1) is 11.5. The van der Waals surface area contributed by atoms with Gasteiger partial charge in [0.15, 0.2) is 11.2 Å². The van der Waals surface area contributed by atoms with E-state index < -0.39 is 6.10 Å². The average molecular weight is 332 g/mol. The quantitative estimate of drug-likeness (QED) is 0.622. The molecule has 3 heterocycles. The number of aliphatic hydroxyl groups excluding tert-OH is 1. The Kier molecular flexibility index (Phi) is 3.61. The van der Waals surface area contributed by atoms with Crippen LogP contribution in [0.1, 0.15) is 25.5 Å². The van der Waals surface area contributed by atoms with Crippen molar-refractivity contribution in [3.05, 3.63) is 16.7 Å². The molecule has 4 rings (SSSR count). The van der Waals surface area contributed by atoms with E-state index in [0.717, 1.165) is 19.3 Å². The highest BCUT2D eigenvalue weighted by atomic mass is 16.5. The van der Waals surface area contributed by atoms with E-state index in [9.17, 15) is 9.90 Å². The molecular formula is C15H20N6O3. The maximum absolute atomic E-state index is 12.2. The summed E-state index contributed by atoms with van der Waals surface area (Å²) in [6.07, 6.45) is 4.86. The van der Waals surface area contributed by atoms with Crippen molar-refractivity contribution in [2.24, 2.45) is 10.9 Å². The summed E-state index contributed by atoms with van der Waals surface area (Å²) in [5, 5.41) is 9.99. The van der Waals surface area contributed by atoms with Crippen LogP contribution < -0.4 is 5.56 Å². The Bertz CT molecular complexity index is 841. The number of nitrogens with one attached hydrogen (secondary N) is 1. The Morgan fingerprint density at radius 1 is 1.50 bits per heavy atom. The summed E-state index contributed by atoms with van der Waals surface area (Å²) in [6, 6.07) is 0. The maximum Gasteiger partial charge on any atom is 0.280 e. The second-order valence-electron chi connectivity index (χ2n) is 6.62. The molecule has 128 valence electrons. The van der Waals surface area contributed by atoms with Gasteiger partial charge in [-0.1, -0.05) is 0 Å². The standard InChI is InChI=1S/C15H20N6O3/c1-20(2)6-17-15-18-13-11(14(23)19-15)16-7-21(13)10-5-8-3-4-9(22)12(8)24-10/h6-10,12,22H,3-5H2,1-2H3,(H,18,19,23)/b17-6+/t8-,9?,10?,12?/m1/s1. The molecule has 24 heavy (non-hydrogen) atoms. The summed E-state index contributed by atoms with van der Waals surface area (Å²) in [4.78, 5) is 29.3. The number of imidazole rings is 1. The zero-order valence-electron chi connectivity index (χ0n) is 13.6. The van der Waals surface area contributed by atoms with Crippen molar-refractivity contribution < 1.29 is 9.84 Å². The van der Waals surface area contributed by atoms with Crippen LogP contribution in [0.5, 0.6) is 0 Å². The van der Waals surface area contributed by atoms with E-state index in [0.29, 0.717) is 11.6 Å². The van der Waals surface area contributed by atoms with Crippen LogP contribution in [-0.4, -0.2) is 62.2 Å². The number of aromatic nitrogens is 4. The van der Waals surface area contributed by atoms with Crippen LogP contribution in [0.3, 0.4) is 0 Å². The third kappa shape index (κ3) is 2.49. The van der Waals surface area contributed by atoms with Gasteiger partial charge in [-0.3, -0.25) is 14.3 Å². The van der Waals surface area contributed by atoms with Crippen molar-refractivity contribution in [1.29, 1.82) is 0 Å². The van der Waals surface area contributed by atoms with Gasteiger partial charge in [0.1, 0.15) is 6.23 Å². The SMILES string of the molecule is CN(C)/C=N/c1nc2c(ncn2C2C[C@H]3CCC(O)C3O2)c(=O)[nH]1. The number of rotatable bonds is 3. The van der Waals surface area contributed by atoms with E-state index in [4.69, 9.17) is 4.74 Å². The number of aliphatic imine (C=N–C) groups is 1. The fourth-order valence-electron chi connectivity index (χ4n) is 3.51. The van der Waals surface area contributed by atoms with Crippen molar-refractivity contribution in [3.63, 3.8) is 0 Å². The first-order valence-corrected chi connectivity index (χ1v) is 8.04. The number of ether oxygens (including phenoxy) is 1. The van der Waals surface area contributed by atoms with Gasteiger partial charge in [-0.05, 0) is 25.2 Å². The van der Waals surface area contributed by atoms with Gasteiger partial charge < -0.3 is 14.7 Å². The van der Waals surface area contributed by atoms with Crippen LogP contribution in [0.15, 0.2) is 16.1 Å². The number of nitrogens with zero attached hydrogens (tertiary/aromatic N) is 5. The third-order valence-electron chi connectivity index (χ3n) is 4.64. The lowest BCUT2D eigenvalue weighted by molar-refractivity contribution is -0.0525. The Morgan fingerprint density at radius 2 is 2.33 bits per heavy atom. The number of hydrogen-bond donors (Lipinski definition) is 2. The fourth-order valence-corrected chi connectivity index (χ4v) is 3.51. The number of aromatic amines is 1. The first kappa shape index (κ1) is 15.3. The predicted molar refractivity (Wildman–Crippen MR) is 87.2 cm³/mol. The Balaban J connectivity index is 1.70. The van der Waals surface area contributed by atoms with Crippen LogP contribution in [-0.2, 0) is 4.74 Å². The van der Waals surface area contributed by atoms with Crippen LogP contribution in [0.25, 0.3) is 11.2 Å². The molecule has 2 N–H and O–H groups in total. The molecule has 1 aliphatic carbocycles. The number of fused-ring (bicyclic) bond motifs is 2. The molecule has 9 heteroatoms. The van der Waals surface area contributed by atoms with Gasteiger partial charge in [-0.2, -0.15) is 4.98 Å². The van der Waals surface area contributed by atoms with Gasteiger partial charge in [0.25, 0.3) is 5.56 Å². The zero-order chi connectivity index (χ0) is 16.8. The topological polar surface area (TPSA) is 109 Å². The molecule has 1 saturated carbocycles. The molecule has 0 spiro atoms. The molecule has 0 amide bonds. The molecular weight excluding hydrogens is 312 g/mol. The number of aliphatic hydroxyl groups is 1. The predicted octanol–water partition coefficient (Wildman–Crippen LogP) is 0.399. The zero-order valence-corrected chi connectivity index (χ0v) is 13.6. The smallest absolute Gasteiger partial charge is 0.280 e. The lowest BCUT2D eigenvalue weighted by Gasteiger charge is -2.16. The van der Waals surface area contributed by atoms with Gasteiger partial charge >= 0.3 is 0 Å². The second kappa shape index (κ2) is 5.67. The molecule has 3 unspecified atom stereocenters. The van der Waals surface area contributed by atoms with Crippen molar-refractivity contribution in [2.45, 2.75) is 37.7 Å². The average Bonchev–Trinajstić information content (AvgIpc) is 3.21. The van der Waals surface area contributed by atoms with E-state index >= 15 is 0 Å². The van der Waals surface area contributed by atoms with Crippen LogP contribution in [0.4, 0.5) is 5.95 Å². The lowest BCUT2D eigenvalue weighted by Crippen LogP contribution is -2.23. The van der Waals surface area contributed by atoms with Gasteiger partial charge in [0.2, 0.25) is 5.95 Å². The van der Waals surface area contributed by atoms with E-state index in [1.807, 2.05) is 14.1 Å². The Morgan fingerprint density at radius 3 is 3.08 bits per heavy atom. The molecule has 2 aromatic rings. The number of hydrogen-bond acceptors (Lipinski definition) is 6. The lowest BCUT2D eigenvalue weighted by atomic mass is 10.0. The largest absolute Gasteiger partial charge is 0.390 e. The molecule has 4 atom stereocenters. The molecule has 1 aliphatic heterocycles. The van der Waals surface area contributed by atoms with Crippen LogP contribution >= 0.6 is 0 Å². The van der Waals surface area contributed by atoms with Crippen molar-refractivity contribution in [3.8, 4) is 0 Å². The molecule has 0 radical (unpaired) electrons.